The number of ether oxygens (including phenoxy) is 1. The molecule has 94 valence electrons. The van der Waals surface area contributed by atoms with Crippen molar-refractivity contribution < 1.29 is 14.6 Å². The fraction of sp³-hybridized carbons (Fsp3) is 0.250. The van der Waals surface area contributed by atoms with Crippen LogP contribution in [-0.4, -0.2) is 22.8 Å². The molecule has 3 rings (SSSR count). The van der Waals surface area contributed by atoms with E-state index >= 15 is 0 Å². The summed E-state index contributed by atoms with van der Waals surface area (Å²) in [5, 5.41) is 10.4. The number of thiol groups is 1. The lowest BCUT2D eigenvalue weighted by molar-refractivity contribution is -0.307. The van der Waals surface area contributed by atoms with Gasteiger partial charge in [0.25, 0.3) is 0 Å². The highest BCUT2D eigenvalue weighted by atomic mass is 32.2. The third-order valence-electron chi connectivity index (χ3n) is 2.95. The summed E-state index contributed by atoms with van der Waals surface area (Å²) in [6.45, 7) is -0.418. The van der Waals surface area contributed by atoms with E-state index < -0.39 is 12.6 Å². The van der Waals surface area contributed by atoms with Crippen LogP contribution >= 0.6 is 24.6 Å². The minimum atomic E-state index is -1.21. The van der Waals surface area contributed by atoms with Crippen LogP contribution < -0.4 is 9.84 Å². The molecule has 0 N–H and O–H groups in total. The van der Waals surface area contributed by atoms with E-state index in [0.29, 0.717) is 5.75 Å². The number of thioether (sulfide) groups is 1. The van der Waals surface area contributed by atoms with Crippen LogP contribution in [0.3, 0.4) is 0 Å². The van der Waals surface area contributed by atoms with Crippen LogP contribution in [0.5, 0.6) is 5.75 Å². The van der Waals surface area contributed by atoms with Crippen LogP contribution in [0, 0.1) is 0 Å². The van der Waals surface area contributed by atoms with E-state index in [1.807, 2.05) is 16.4 Å². The molecule has 1 aliphatic heterocycles. The molecular weight excluding hydrogens is 270 g/mol. The van der Waals surface area contributed by atoms with Crippen molar-refractivity contribution in [1.82, 2.24) is 4.31 Å². The van der Waals surface area contributed by atoms with Crippen molar-refractivity contribution >= 4 is 36.2 Å². The van der Waals surface area contributed by atoms with Gasteiger partial charge in [0.1, 0.15) is 12.4 Å². The van der Waals surface area contributed by atoms with Crippen molar-refractivity contribution in [3.05, 3.63) is 34.2 Å². The summed E-state index contributed by atoms with van der Waals surface area (Å²) in [6.07, 6.45) is 0.787. The largest absolute Gasteiger partial charge is 0.546 e. The molecule has 1 aliphatic carbocycles. The van der Waals surface area contributed by atoms with Gasteiger partial charge in [-0.25, -0.2) is 0 Å². The minimum absolute atomic E-state index is 0.418. The summed E-state index contributed by atoms with van der Waals surface area (Å²) < 4.78 is 7.18. The van der Waals surface area contributed by atoms with Crippen LogP contribution in [0.4, 0.5) is 0 Å². The topological polar surface area (TPSA) is 52.6 Å². The Balaban J connectivity index is 1.93. The maximum absolute atomic E-state index is 10.4. The summed E-state index contributed by atoms with van der Waals surface area (Å²) in [5.74, 6) is 0.252. The lowest BCUT2D eigenvalue weighted by Gasteiger charge is -2.16. The molecule has 1 aromatic rings. The fourth-order valence-electron chi connectivity index (χ4n) is 2.24. The molecule has 1 aromatic carbocycles. The van der Waals surface area contributed by atoms with Crippen molar-refractivity contribution in [3.8, 4) is 5.75 Å². The molecule has 0 amide bonds. The van der Waals surface area contributed by atoms with Gasteiger partial charge in [0.2, 0.25) is 0 Å². The zero-order chi connectivity index (χ0) is 12.7. The Kier molecular flexibility index (Phi) is 2.91. The number of benzene rings is 1. The first-order valence-electron chi connectivity index (χ1n) is 5.44. The molecule has 1 heterocycles. The number of hydrogen-bond donors (Lipinski definition) is 1. The summed E-state index contributed by atoms with van der Waals surface area (Å²) in [6, 6.07) is 5.67. The molecule has 0 saturated heterocycles. The molecule has 0 fully saturated rings. The van der Waals surface area contributed by atoms with Gasteiger partial charge in [-0.15, -0.1) is 11.8 Å². The normalized spacial score (nSPS) is 16.8. The second kappa shape index (κ2) is 4.44. The number of carboxylic acids is 1. The van der Waals surface area contributed by atoms with Crippen LogP contribution in [0.15, 0.2) is 23.1 Å². The molecule has 0 bridgehead atoms. The maximum Gasteiger partial charge on any atom is 0.128 e. The van der Waals surface area contributed by atoms with Crippen molar-refractivity contribution in [2.75, 3.05) is 12.5 Å². The van der Waals surface area contributed by atoms with E-state index in [-0.39, 0.29) is 0 Å². The van der Waals surface area contributed by atoms with Crippen molar-refractivity contribution in [2.24, 2.45) is 0 Å². The number of carbonyl (C=O) groups excluding carboxylic acids is 1. The van der Waals surface area contributed by atoms with E-state index in [9.17, 15) is 9.90 Å². The Morgan fingerprint density at radius 2 is 2.39 bits per heavy atom. The van der Waals surface area contributed by atoms with E-state index in [0.717, 1.165) is 29.1 Å². The Morgan fingerprint density at radius 3 is 3.17 bits per heavy atom. The lowest BCUT2D eigenvalue weighted by Crippen LogP contribution is -2.29. The number of carbonyl (C=O) groups is 1. The number of carboxylic acid groups (broad SMARTS) is 1. The number of allylic oxidation sites excluding steroid dienone is 1. The number of rotatable bonds is 3. The molecule has 0 radical (unpaired) electrons. The van der Waals surface area contributed by atoms with Gasteiger partial charge in [-0.1, -0.05) is 24.9 Å². The second-order valence-corrected chi connectivity index (χ2v) is 5.59. The Hall–Kier alpha value is -1.27. The first-order chi connectivity index (χ1) is 8.66. The number of aliphatic carboxylic acids is 1. The predicted octanol–water partition coefficient (Wildman–Crippen LogP) is 0.891. The first kappa shape index (κ1) is 11.8. The third-order valence-corrected chi connectivity index (χ3v) is 4.56. The first-order valence-corrected chi connectivity index (χ1v) is 6.82. The maximum atomic E-state index is 10.4. The molecule has 6 heteroatoms. The molecule has 0 aromatic heterocycles. The average molecular weight is 280 g/mol. The van der Waals surface area contributed by atoms with Gasteiger partial charge >= 0.3 is 0 Å². The molecule has 0 unspecified atom stereocenters. The number of nitrogens with zero attached hydrogens (tertiary/aromatic N) is 1. The summed E-state index contributed by atoms with van der Waals surface area (Å²) in [5.41, 5.74) is 3.24. The molecule has 0 saturated carbocycles. The van der Waals surface area contributed by atoms with Gasteiger partial charge < -0.3 is 18.9 Å². The van der Waals surface area contributed by atoms with Gasteiger partial charge in [-0.2, -0.15) is 0 Å². The Labute approximate surface area is 114 Å². The fourth-order valence-corrected chi connectivity index (χ4v) is 3.72. The predicted molar refractivity (Wildman–Crippen MR) is 70.9 cm³/mol. The smallest absolute Gasteiger partial charge is 0.128 e. The monoisotopic (exact) mass is 280 g/mol. The van der Waals surface area contributed by atoms with Gasteiger partial charge in [-0.05, 0) is 6.07 Å². The van der Waals surface area contributed by atoms with Gasteiger partial charge in [0.15, 0.2) is 0 Å². The zero-order valence-corrected chi connectivity index (χ0v) is 11.1. The van der Waals surface area contributed by atoms with Gasteiger partial charge in [0, 0.05) is 22.5 Å². The van der Waals surface area contributed by atoms with Crippen LogP contribution in [0.2, 0.25) is 0 Å². The SMILES string of the molecule is O=C([O-])COc1cccc2c1CC1=C2N(S)CS1. The molecule has 4 nitrogen and oxygen atoms in total. The standard InChI is InChI=1S/C12H11NO3S2/c14-11(15)5-16-9-3-1-2-7-8(9)4-10-12(7)13(17)6-18-10/h1-3,17H,4-6H2,(H,14,15)/p-1. The van der Waals surface area contributed by atoms with Crippen molar-refractivity contribution in [3.63, 3.8) is 0 Å². The Morgan fingerprint density at radius 1 is 1.56 bits per heavy atom. The average Bonchev–Trinajstić information content (AvgIpc) is 2.87. The summed E-state index contributed by atoms with van der Waals surface area (Å²) in [7, 11) is 0. The van der Waals surface area contributed by atoms with Crippen LogP contribution in [-0.2, 0) is 11.2 Å². The van der Waals surface area contributed by atoms with Crippen molar-refractivity contribution in [1.29, 1.82) is 0 Å². The highest BCUT2D eigenvalue weighted by molar-refractivity contribution is 8.04. The molecule has 2 aliphatic rings. The third kappa shape index (κ3) is 1.85. The molecule has 18 heavy (non-hydrogen) atoms. The van der Waals surface area contributed by atoms with E-state index in [4.69, 9.17) is 4.74 Å². The minimum Gasteiger partial charge on any atom is -0.546 e. The Bertz CT molecular complexity index is 556. The highest BCUT2D eigenvalue weighted by Crippen LogP contribution is 2.49. The van der Waals surface area contributed by atoms with Crippen LogP contribution in [0.25, 0.3) is 5.70 Å². The van der Waals surface area contributed by atoms with Crippen molar-refractivity contribution in [2.45, 2.75) is 6.42 Å². The summed E-state index contributed by atoms with van der Waals surface area (Å²) in [4.78, 5) is 11.7. The summed E-state index contributed by atoms with van der Waals surface area (Å²) >= 11 is 6.18. The van der Waals surface area contributed by atoms with Gasteiger partial charge in [-0.3, -0.25) is 0 Å². The zero-order valence-electron chi connectivity index (χ0n) is 9.38. The molecule has 0 atom stereocenters. The van der Waals surface area contributed by atoms with Gasteiger partial charge in [0.05, 0.1) is 17.5 Å². The second-order valence-electron chi connectivity index (χ2n) is 4.06. The lowest BCUT2D eigenvalue weighted by atomic mass is 10.1. The number of fused-ring (bicyclic) bond motifs is 2. The highest BCUT2D eigenvalue weighted by Gasteiger charge is 2.31. The van der Waals surface area contributed by atoms with E-state index in [2.05, 4.69) is 12.8 Å². The molecular formula is C12H10NO3S2-. The van der Waals surface area contributed by atoms with E-state index in [1.54, 1.807) is 17.8 Å². The quantitative estimate of drug-likeness (QED) is 0.833. The van der Waals surface area contributed by atoms with Crippen LogP contribution in [0.1, 0.15) is 11.1 Å². The number of hydrogen-bond acceptors (Lipinski definition) is 6. The van der Waals surface area contributed by atoms with E-state index in [1.165, 1.54) is 4.91 Å². The molecule has 0 spiro atoms.